The van der Waals surface area contributed by atoms with Gasteiger partial charge < -0.3 is 10.0 Å². The Labute approximate surface area is 312 Å². The summed E-state index contributed by atoms with van der Waals surface area (Å²) in [6.45, 7) is 7.04. The van der Waals surface area contributed by atoms with E-state index in [-0.39, 0.29) is 28.9 Å². The number of hydrogen-bond donors (Lipinski definition) is 4. The number of carboxylic acid groups (broad SMARTS) is 1. The molecule has 13 nitrogen and oxygen atoms in total. The highest BCUT2D eigenvalue weighted by Gasteiger charge is 2.45. The number of fused-ring (bicyclic) bond motifs is 2. The molecule has 4 N–H and O–H groups in total. The molecule has 0 amide bonds. The molecule has 4 rings (SSSR count). The van der Waals surface area contributed by atoms with Crippen LogP contribution in [0.4, 0.5) is 11.4 Å². The summed E-state index contributed by atoms with van der Waals surface area (Å²) in [6, 6.07) is 12.3. The van der Waals surface area contributed by atoms with Crippen molar-refractivity contribution in [2.24, 2.45) is 0 Å². The largest absolute Gasteiger partial charge is 0.481 e. The van der Waals surface area contributed by atoms with E-state index < -0.39 is 47.5 Å². The smallest absolute Gasteiger partial charge is 0.303 e. The molecule has 53 heavy (non-hydrogen) atoms. The predicted molar refractivity (Wildman–Crippen MR) is 204 cm³/mol. The molecule has 1 atom stereocenters. The Kier molecular flexibility index (Phi) is 13.3. The SMILES string of the molecule is CC1(C)C(/C=C/C=C/C=C2/N(CCCCS(=O)(=O)O)c3ccc(S(=O)(=O)O)cc3C2(C)CCCCC(=O)O)=[N+](CCCCS(=O)(=O)O)c2ccccc21. The number of allylic oxidation sites excluding steroid dienone is 6. The number of aliphatic carboxylic acids is 1. The molecule has 0 saturated heterocycles. The Balaban J connectivity index is 1.71. The van der Waals surface area contributed by atoms with Gasteiger partial charge in [0.05, 0.1) is 21.8 Å². The van der Waals surface area contributed by atoms with Crippen molar-refractivity contribution < 1.29 is 53.4 Å². The standard InChI is InChI=1S/C37H48N2O11S3/c1-36(2)29-15-7-8-16-31(29)38(23-11-13-25-51(42,43)44)33(36)17-5-4-6-18-34-37(3,22-10-9-19-35(40)41)30-27-28(53(48,49)50)20-21-32(30)39(34)24-12-14-26-52(45,46)47/h4-8,15-18,20-21,27H,9-14,19,22-26H2,1-3H3,(H3-,40,41,42,43,44,45,46,47,48,49,50)/p+1. The van der Waals surface area contributed by atoms with Crippen molar-refractivity contribution >= 4 is 53.4 Å². The lowest BCUT2D eigenvalue weighted by Crippen LogP contribution is -2.29. The van der Waals surface area contributed by atoms with Crippen LogP contribution in [0.15, 0.2) is 83.4 Å². The zero-order valence-corrected chi connectivity index (χ0v) is 32.6. The molecule has 290 valence electrons. The summed E-state index contributed by atoms with van der Waals surface area (Å²) < 4.78 is 100. The Hall–Kier alpha value is -3.67. The molecule has 1 unspecified atom stereocenters. The van der Waals surface area contributed by atoms with Crippen LogP contribution in [0.2, 0.25) is 0 Å². The van der Waals surface area contributed by atoms with Crippen LogP contribution in [-0.4, -0.2) is 84.9 Å². The molecule has 0 radical (unpaired) electrons. The second-order valence-electron chi connectivity index (χ2n) is 14.2. The Morgan fingerprint density at radius 1 is 0.792 bits per heavy atom. The number of anilines is 1. The molecule has 2 heterocycles. The van der Waals surface area contributed by atoms with E-state index in [4.69, 9.17) is 0 Å². The van der Waals surface area contributed by atoms with Gasteiger partial charge in [-0.05, 0) is 82.7 Å². The van der Waals surface area contributed by atoms with Crippen LogP contribution in [0.5, 0.6) is 0 Å². The average Bonchev–Trinajstić information content (AvgIpc) is 3.41. The molecule has 2 aliphatic heterocycles. The summed E-state index contributed by atoms with van der Waals surface area (Å²) in [5.74, 6) is -1.65. The van der Waals surface area contributed by atoms with E-state index >= 15 is 0 Å². The van der Waals surface area contributed by atoms with Gasteiger partial charge in [0.1, 0.15) is 6.54 Å². The van der Waals surface area contributed by atoms with Crippen molar-refractivity contribution in [3.63, 3.8) is 0 Å². The van der Waals surface area contributed by atoms with Gasteiger partial charge in [0.25, 0.3) is 30.4 Å². The van der Waals surface area contributed by atoms with Crippen molar-refractivity contribution in [2.45, 2.75) is 87.9 Å². The molecule has 0 spiro atoms. The zero-order chi connectivity index (χ0) is 39.2. The van der Waals surface area contributed by atoms with E-state index in [9.17, 15) is 48.8 Å². The summed E-state index contributed by atoms with van der Waals surface area (Å²) in [7, 11) is -12.8. The molecule has 0 bridgehead atoms. The minimum atomic E-state index is -4.54. The van der Waals surface area contributed by atoms with Crippen molar-refractivity contribution in [3.05, 3.63) is 89.7 Å². The van der Waals surface area contributed by atoms with Crippen LogP contribution in [0, 0.1) is 0 Å². The summed E-state index contributed by atoms with van der Waals surface area (Å²) >= 11 is 0. The topological polar surface area (TPSA) is 207 Å². The number of carbonyl (C=O) groups is 1. The fourth-order valence-corrected chi connectivity index (χ4v) is 8.94. The molecule has 0 saturated carbocycles. The second-order valence-corrected chi connectivity index (χ2v) is 18.8. The molecule has 16 heteroatoms. The molecule has 2 aromatic rings. The van der Waals surface area contributed by atoms with Gasteiger partial charge >= 0.3 is 5.97 Å². The summed E-state index contributed by atoms with van der Waals surface area (Å²) in [4.78, 5) is 13.0. The van der Waals surface area contributed by atoms with Crippen LogP contribution in [0.3, 0.4) is 0 Å². The fourth-order valence-electron chi connectivity index (χ4n) is 7.30. The lowest BCUT2D eigenvalue weighted by Gasteiger charge is -2.30. The third-order valence-corrected chi connectivity index (χ3v) is 12.4. The molecule has 2 aliphatic rings. The van der Waals surface area contributed by atoms with Crippen molar-refractivity contribution in [1.82, 2.24) is 0 Å². The lowest BCUT2D eigenvalue weighted by atomic mass is 9.77. The van der Waals surface area contributed by atoms with Gasteiger partial charge in [-0.1, -0.05) is 42.8 Å². The van der Waals surface area contributed by atoms with E-state index in [1.807, 2.05) is 60.4 Å². The van der Waals surface area contributed by atoms with Gasteiger partial charge in [0, 0.05) is 53.9 Å². The van der Waals surface area contributed by atoms with Gasteiger partial charge in [-0.25, -0.2) is 0 Å². The first-order chi connectivity index (χ1) is 24.6. The molecule has 0 fully saturated rings. The molecule has 2 aromatic carbocycles. The van der Waals surface area contributed by atoms with Crippen molar-refractivity contribution in [1.29, 1.82) is 0 Å². The summed E-state index contributed by atoms with van der Waals surface area (Å²) in [6.07, 6.45) is 12.2. The van der Waals surface area contributed by atoms with Crippen LogP contribution in [0.25, 0.3) is 0 Å². The maximum Gasteiger partial charge on any atom is 0.303 e. The average molecular weight is 794 g/mol. The highest BCUT2D eigenvalue weighted by Crippen LogP contribution is 2.51. The van der Waals surface area contributed by atoms with E-state index in [0.29, 0.717) is 62.9 Å². The van der Waals surface area contributed by atoms with E-state index in [2.05, 4.69) is 24.5 Å². The Morgan fingerprint density at radius 2 is 1.45 bits per heavy atom. The number of nitrogens with zero attached hydrogens (tertiary/aromatic N) is 2. The number of carboxylic acids is 1. The first-order valence-corrected chi connectivity index (χ1v) is 22.1. The monoisotopic (exact) mass is 793 g/mol. The minimum absolute atomic E-state index is 0.0340. The second kappa shape index (κ2) is 16.8. The first-order valence-electron chi connectivity index (χ1n) is 17.5. The predicted octanol–water partition coefficient (Wildman–Crippen LogP) is 6.06. The third-order valence-electron chi connectivity index (χ3n) is 9.92. The van der Waals surface area contributed by atoms with Crippen molar-refractivity contribution in [2.75, 3.05) is 29.5 Å². The first kappa shape index (κ1) is 42.1. The van der Waals surface area contributed by atoms with Gasteiger partial charge in [-0.2, -0.15) is 29.8 Å². The van der Waals surface area contributed by atoms with Gasteiger partial charge in [-0.3, -0.25) is 18.5 Å². The Morgan fingerprint density at radius 3 is 2.09 bits per heavy atom. The third kappa shape index (κ3) is 10.7. The molecular weight excluding hydrogens is 745 g/mol. The van der Waals surface area contributed by atoms with Gasteiger partial charge in [-0.15, -0.1) is 0 Å². The lowest BCUT2D eigenvalue weighted by molar-refractivity contribution is -0.438. The maximum atomic E-state index is 12.2. The molecular formula is C37H49N2O11S3+. The van der Waals surface area contributed by atoms with E-state index in [1.54, 1.807) is 6.07 Å². The van der Waals surface area contributed by atoms with Crippen LogP contribution < -0.4 is 4.90 Å². The van der Waals surface area contributed by atoms with Gasteiger partial charge in [0.2, 0.25) is 5.69 Å². The van der Waals surface area contributed by atoms with E-state index in [1.165, 1.54) is 12.1 Å². The highest BCUT2D eigenvalue weighted by atomic mass is 32.2. The quantitative estimate of drug-likeness (QED) is 0.0554. The summed E-state index contributed by atoms with van der Waals surface area (Å²) in [5.41, 5.74) is 4.03. The van der Waals surface area contributed by atoms with Crippen molar-refractivity contribution in [3.8, 4) is 0 Å². The van der Waals surface area contributed by atoms with Gasteiger partial charge in [0.15, 0.2) is 5.71 Å². The summed E-state index contributed by atoms with van der Waals surface area (Å²) in [5, 5.41) is 9.23. The van der Waals surface area contributed by atoms with E-state index in [0.717, 1.165) is 22.7 Å². The Bertz CT molecular complexity index is 2150. The number of para-hydroxylation sites is 1. The number of benzene rings is 2. The van der Waals surface area contributed by atoms with Crippen LogP contribution >= 0.6 is 0 Å². The number of unbranched alkanes of at least 4 members (excludes halogenated alkanes) is 3. The molecule has 0 aliphatic carbocycles. The fraction of sp³-hybridized carbons (Fsp3) is 0.459. The van der Waals surface area contributed by atoms with Crippen LogP contribution in [-0.2, 0) is 46.0 Å². The zero-order valence-electron chi connectivity index (χ0n) is 30.2. The maximum absolute atomic E-state index is 12.2. The normalized spacial score (nSPS) is 19.5. The highest BCUT2D eigenvalue weighted by molar-refractivity contribution is 7.86. The minimum Gasteiger partial charge on any atom is -0.481 e. The van der Waals surface area contributed by atoms with Crippen LogP contribution in [0.1, 0.15) is 83.3 Å². The molecule has 0 aromatic heterocycles. The number of rotatable bonds is 19. The number of hydrogen-bond acceptors (Lipinski definition) is 8.